The molecule has 2 aromatic rings. The molecule has 3 rings (SSSR count). The van der Waals surface area contributed by atoms with Crippen molar-refractivity contribution in [1.82, 2.24) is 20.5 Å². The Hall–Kier alpha value is -2.88. The Morgan fingerprint density at radius 1 is 1.32 bits per heavy atom. The Labute approximate surface area is 162 Å². The summed E-state index contributed by atoms with van der Waals surface area (Å²) in [6.45, 7) is 1.58. The highest BCUT2D eigenvalue weighted by Crippen LogP contribution is 2.31. The largest absolute Gasteiger partial charge is 0.416 e. The van der Waals surface area contributed by atoms with Gasteiger partial charge < -0.3 is 5.32 Å². The zero-order chi connectivity index (χ0) is 20.5. The smallest absolute Gasteiger partial charge is 0.345 e. The van der Waals surface area contributed by atoms with E-state index >= 15 is 0 Å². The summed E-state index contributed by atoms with van der Waals surface area (Å²) >= 11 is 6.22. The summed E-state index contributed by atoms with van der Waals surface area (Å²) in [7, 11) is 0. The third-order valence-electron chi connectivity index (χ3n) is 3.94. The molecule has 1 aliphatic rings. The molecule has 148 valence electrons. The first-order chi connectivity index (χ1) is 13.2. The maximum Gasteiger partial charge on any atom is 0.416 e. The van der Waals surface area contributed by atoms with Crippen molar-refractivity contribution in [3.8, 4) is 5.69 Å². The average Bonchev–Trinajstić information content (AvgIpc) is 3.40. The zero-order valence-corrected chi connectivity index (χ0v) is 15.3. The number of rotatable bonds is 4. The van der Waals surface area contributed by atoms with Gasteiger partial charge in [0, 0.05) is 6.04 Å². The van der Waals surface area contributed by atoms with Gasteiger partial charge in [-0.05, 0) is 38.0 Å². The molecule has 0 saturated heterocycles. The van der Waals surface area contributed by atoms with E-state index in [1.807, 2.05) is 0 Å². The lowest BCUT2D eigenvalue weighted by atomic mass is 10.2. The highest BCUT2D eigenvalue weighted by molar-refractivity contribution is 6.35. The molecule has 1 heterocycles. The van der Waals surface area contributed by atoms with Crippen LogP contribution in [0.1, 0.15) is 29.7 Å². The summed E-state index contributed by atoms with van der Waals surface area (Å²) < 4.78 is 39.8. The van der Waals surface area contributed by atoms with Crippen LogP contribution < -0.4 is 10.7 Å². The second kappa shape index (κ2) is 7.63. The van der Waals surface area contributed by atoms with E-state index in [9.17, 15) is 22.8 Å². The van der Waals surface area contributed by atoms with Crippen molar-refractivity contribution in [2.45, 2.75) is 32.0 Å². The van der Waals surface area contributed by atoms with Gasteiger partial charge in [-0.15, -0.1) is 0 Å². The lowest BCUT2D eigenvalue weighted by molar-refractivity contribution is -0.139. The van der Waals surface area contributed by atoms with Crippen LogP contribution in [0.15, 0.2) is 29.4 Å². The third kappa shape index (κ3) is 4.50. The van der Waals surface area contributed by atoms with Crippen molar-refractivity contribution >= 4 is 29.6 Å². The molecule has 1 aliphatic carbocycles. The van der Waals surface area contributed by atoms with Gasteiger partial charge in [0.25, 0.3) is 0 Å². The summed E-state index contributed by atoms with van der Waals surface area (Å²) in [5, 5.41) is 10.3. The van der Waals surface area contributed by atoms with E-state index in [0.29, 0.717) is 11.3 Å². The molecule has 0 spiro atoms. The minimum Gasteiger partial charge on any atom is -0.345 e. The van der Waals surface area contributed by atoms with Gasteiger partial charge in [0.1, 0.15) is 5.15 Å². The molecule has 0 unspecified atom stereocenters. The molecular weight excluding hydrogens is 399 g/mol. The van der Waals surface area contributed by atoms with Crippen LogP contribution >= 0.6 is 11.6 Å². The average molecular weight is 414 g/mol. The quantitative estimate of drug-likeness (QED) is 0.459. The van der Waals surface area contributed by atoms with Gasteiger partial charge in [-0.3, -0.25) is 9.59 Å². The molecule has 1 saturated carbocycles. The number of aromatic nitrogens is 2. The first-order valence-electron chi connectivity index (χ1n) is 8.23. The summed E-state index contributed by atoms with van der Waals surface area (Å²) in [5.41, 5.74) is 2.03. The number of halogens is 4. The van der Waals surface area contributed by atoms with E-state index in [0.717, 1.165) is 29.7 Å². The van der Waals surface area contributed by atoms with Gasteiger partial charge in [0.2, 0.25) is 0 Å². The van der Waals surface area contributed by atoms with Gasteiger partial charge in [-0.1, -0.05) is 17.7 Å². The van der Waals surface area contributed by atoms with E-state index in [2.05, 4.69) is 20.9 Å². The van der Waals surface area contributed by atoms with Crippen LogP contribution in [0, 0.1) is 6.92 Å². The molecular formula is C17H15ClF3N5O2. The van der Waals surface area contributed by atoms with Gasteiger partial charge in [-0.25, -0.2) is 10.1 Å². The fourth-order valence-corrected chi connectivity index (χ4v) is 2.65. The van der Waals surface area contributed by atoms with Crippen LogP contribution in [0.3, 0.4) is 0 Å². The summed E-state index contributed by atoms with van der Waals surface area (Å²) in [6, 6.07) is 4.57. The number of benzene rings is 1. The van der Waals surface area contributed by atoms with E-state index in [4.69, 9.17) is 11.6 Å². The number of hydrazone groups is 1. The van der Waals surface area contributed by atoms with E-state index in [1.165, 1.54) is 18.3 Å². The highest BCUT2D eigenvalue weighted by Gasteiger charge is 2.31. The number of amides is 2. The fourth-order valence-electron chi connectivity index (χ4n) is 2.33. The second-order valence-electron chi connectivity index (χ2n) is 6.20. The second-order valence-corrected chi connectivity index (χ2v) is 6.55. The molecule has 2 N–H and O–H groups in total. The van der Waals surface area contributed by atoms with Crippen LogP contribution in [-0.4, -0.2) is 33.9 Å². The van der Waals surface area contributed by atoms with Crippen LogP contribution in [-0.2, 0) is 15.8 Å². The number of carbonyl (C=O) groups excluding carboxylic acids is 2. The maximum absolute atomic E-state index is 12.9. The Morgan fingerprint density at radius 2 is 2.04 bits per heavy atom. The number of aryl methyl sites for hydroxylation is 1. The van der Waals surface area contributed by atoms with Gasteiger partial charge in [0.15, 0.2) is 0 Å². The van der Waals surface area contributed by atoms with Crippen molar-refractivity contribution in [2.24, 2.45) is 5.10 Å². The maximum atomic E-state index is 12.9. The van der Waals surface area contributed by atoms with Crippen LogP contribution in [0.4, 0.5) is 13.2 Å². The van der Waals surface area contributed by atoms with E-state index in [1.54, 1.807) is 6.92 Å². The Morgan fingerprint density at radius 3 is 2.68 bits per heavy atom. The third-order valence-corrected chi connectivity index (χ3v) is 4.31. The Balaban J connectivity index is 1.76. The standard InChI is InChI=1S/C17H15ClF3N5O2/c1-9-13(8-22-24-16(28)15(27)23-11-5-6-11)14(18)26(25-9)12-4-2-3-10(7-12)17(19,20)21/h2-4,7-8,11H,5-6H2,1H3,(H,23,27)(H,24,28)/b22-8-. The first-order valence-corrected chi connectivity index (χ1v) is 8.61. The number of nitrogens with one attached hydrogen (secondary N) is 2. The van der Waals surface area contributed by atoms with Crippen LogP contribution in [0.2, 0.25) is 5.15 Å². The van der Waals surface area contributed by atoms with Crippen LogP contribution in [0.25, 0.3) is 5.69 Å². The normalized spacial score (nSPS) is 14.3. The van der Waals surface area contributed by atoms with Crippen molar-refractivity contribution in [3.63, 3.8) is 0 Å². The predicted octanol–water partition coefficient (Wildman–Crippen LogP) is 2.58. The Bertz CT molecular complexity index is 951. The molecule has 1 fully saturated rings. The van der Waals surface area contributed by atoms with Gasteiger partial charge >= 0.3 is 18.0 Å². The molecule has 2 amide bonds. The molecule has 1 aromatic carbocycles. The zero-order valence-electron chi connectivity index (χ0n) is 14.5. The lowest BCUT2D eigenvalue weighted by Gasteiger charge is -2.09. The van der Waals surface area contributed by atoms with Crippen molar-refractivity contribution in [3.05, 3.63) is 46.2 Å². The molecule has 1 aromatic heterocycles. The molecule has 0 atom stereocenters. The molecule has 0 aliphatic heterocycles. The molecule has 0 radical (unpaired) electrons. The van der Waals surface area contributed by atoms with E-state index in [-0.39, 0.29) is 16.9 Å². The summed E-state index contributed by atoms with van der Waals surface area (Å²) in [5.74, 6) is -1.72. The number of carbonyl (C=O) groups is 2. The number of alkyl halides is 3. The Kier molecular flexibility index (Phi) is 5.41. The topological polar surface area (TPSA) is 88.4 Å². The van der Waals surface area contributed by atoms with Crippen molar-refractivity contribution in [2.75, 3.05) is 0 Å². The molecule has 28 heavy (non-hydrogen) atoms. The van der Waals surface area contributed by atoms with Crippen molar-refractivity contribution < 1.29 is 22.8 Å². The molecule has 7 nitrogen and oxygen atoms in total. The van der Waals surface area contributed by atoms with Crippen molar-refractivity contribution in [1.29, 1.82) is 0 Å². The monoisotopic (exact) mass is 413 g/mol. The van der Waals surface area contributed by atoms with Gasteiger partial charge in [-0.2, -0.15) is 23.4 Å². The molecule has 0 bridgehead atoms. The van der Waals surface area contributed by atoms with Gasteiger partial charge in [0.05, 0.1) is 28.7 Å². The first kappa shape index (κ1) is 19.9. The summed E-state index contributed by atoms with van der Waals surface area (Å²) in [4.78, 5) is 23.2. The minimum absolute atomic E-state index is 0.0113. The number of nitrogens with zero attached hydrogens (tertiary/aromatic N) is 3. The minimum atomic E-state index is -4.50. The van der Waals surface area contributed by atoms with E-state index < -0.39 is 23.6 Å². The van der Waals surface area contributed by atoms with Crippen LogP contribution in [0.5, 0.6) is 0 Å². The highest BCUT2D eigenvalue weighted by atomic mass is 35.5. The number of hydrogen-bond donors (Lipinski definition) is 2. The lowest BCUT2D eigenvalue weighted by Crippen LogP contribution is -2.38. The summed E-state index contributed by atoms with van der Waals surface area (Å²) in [6.07, 6.45) is -1.64. The predicted molar refractivity (Wildman–Crippen MR) is 95.2 cm³/mol. The number of hydrogen-bond acceptors (Lipinski definition) is 4. The SMILES string of the molecule is Cc1nn(-c2cccc(C(F)(F)F)c2)c(Cl)c1/C=N\NC(=O)C(=O)NC1CC1. The molecule has 11 heteroatoms. The fraction of sp³-hybridized carbons (Fsp3) is 0.294.